The molecular formula is C24H28N6O. The van der Waals surface area contributed by atoms with Gasteiger partial charge in [-0.15, -0.1) is 0 Å². The van der Waals surface area contributed by atoms with Gasteiger partial charge in [-0.25, -0.2) is 9.97 Å². The first kappa shape index (κ1) is 19.8. The molecule has 4 heterocycles. The summed E-state index contributed by atoms with van der Waals surface area (Å²) in [4.78, 5) is 26.3. The number of nitriles is 1. The third kappa shape index (κ3) is 3.71. The van der Waals surface area contributed by atoms with Crippen LogP contribution in [0.25, 0.3) is 11.0 Å². The third-order valence-electron chi connectivity index (χ3n) is 7.02. The number of likely N-dealkylation sites (tertiary alicyclic amines) is 1. The van der Waals surface area contributed by atoms with E-state index in [9.17, 15) is 4.79 Å². The fourth-order valence-corrected chi connectivity index (χ4v) is 5.18. The Hall–Kier alpha value is -3.14. The number of anilines is 1. The molecule has 1 saturated heterocycles. The number of allylic oxidation sites excluding steroid dienone is 2. The molecule has 0 aromatic carbocycles. The van der Waals surface area contributed by atoms with Crippen LogP contribution in [0.4, 0.5) is 5.95 Å². The molecule has 2 aromatic rings. The van der Waals surface area contributed by atoms with Gasteiger partial charge in [-0.05, 0) is 49.3 Å². The van der Waals surface area contributed by atoms with Crippen molar-refractivity contribution in [2.75, 3.05) is 24.5 Å². The smallest absolute Gasteiger partial charge is 0.230 e. The normalized spacial score (nSPS) is 20.3. The zero-order chi connectivity index (χ0) is 21.4. The van der Waals surface area contributed by atoms with Gasteiger partial charge in [0.2, 0.25) is 11.9 Å². The van der Waals surface area contributed by atoms with Crippen LogP contribution in [0, 0.1) is 17.2 Å². The predicted molar refractivity (Wildman–Crippen MR) is 119 cm³/mol. The molecule has 31 heavy (non-hydrogen) atoms. The van der Waals surface area contributed by atoms with Gasteiger partial charge < -0.3 is 14.4 Å². The number of hydrogen-bond acceptors (Lipinski definition) is 5. The maximum atomic E-state index is 12.8. The van der Waals surface area contributed by atoms with Gasteiger partial charge in [0.05, 0.1) is 28.9 Å². The largest absolute Gasteiger partial charge is 0.348 e. The Morgan fingerprint density at radius 3 is 2.65 bits per heavy atom. The molecule has 160 valence electrons. The lowest BCUT2D eigenvalue weighted by Crippen LogP contribution is -2.40. The molecular weight excluding hydrogens is 388 g/mol. The highest BCUT2D eigenvalue weighted by Gasteiger charge is 2.31. The highest BCUT2D eigenvalue weighted by atomic mass is 16.2. The van der Waals surface area contributed by atoms with Crippen LogP contribution < -0.4 is 4.90 Å². The van der Waals surface area contributed by atoms with Crippen LogP contribution in [0.3, 0.4) is 0 Å². The average molecular weight is 417 g/mol. The molecule has 0 N–H and O–H groups in total. The van der Waals surface area contributed by atoms with E-state index in [4.69, 9.17) is 10.2 Å². The zero-order valence-electron chi connectivity index (χ0n) is 18.0. The second kappa shape index (κ2) is 8.18. The van der Waals surface area contributed by atoms with Crippen molar-refractivity contribution in [3.63, 3.8) is 0 Å². The lowest BCUT2D eigenvalue weighted by molar-refractivity contribution is -0.136. The number of fused-ring (bicyclic) bond motifs is 1. The minimum absolute atomic E-state index is 0.262. The molecule has 1 aliphatic carbocycles. The molecule has 2 fully saturated rings. The average Bonchev–Trinajstić information content (AvgIpc) is 3.47. The van der Waals surface area contributed by atoms with Crippen molar-refractivity contribution in [2.24, 2.45) is 13.0 Å². The highest BCUT2D eigenvalue weighted by Crippen LogP contribution is 2.35. The van der Waals surface area contributed by atoms with E-state index >= 15 is 0 Å². The molecule has 3 aliphatic rings. The van der Waals surface area contributed by atoms with E-state index in [2.05, 4.69) is 26.7 Å². The molecule has 1 amide bonds. The lowest BCUT2D eigenvalue weighted by Gasteiger charge is -2.33. The Labute approximate surface area is 182 Å². The standard InChI is InChI=1S/C24H28N6O/c1-28-16-20(18-8-12-29(13-9-18)23(31)19-4-2-3-5-19)22-21(28)15-26-24(27-22)30-10-6-17(14-25)7-11-30/h6-7,10,15-16,18-19H,2-5,8-9,11-13H2,1H3. The van der Waals surface area contributed by atoms with E-state index < -0.39 is 0 Å². The first-order valence-corrected chi connectivity index (χ1v) is 11.3. The maximum absolute atomic E-state index is 12.8. The van der Waals surface area contributed by atoms with Crippen LogP contribution in [0.15, 0.2) is 36.3 Å². The number of hydrogen-bond donors (Lipinski definition) is 0. The molecule has 1 saturated carbocycles. The van der Waals surface area contributed by atoms with Gasteiger partial charge >= 0.3 is 0 Å². The molecule has 0 radical (unpaired) electrons. The van der Waals surface area contributed by atoms with E-state index in [1.807, 2.05) is 30.4 Å². The Kier molecular flexibility index (Phi) is 5.23. The fraction of sp³-hybridized carbons (Fsp3) is 0.500. The van der Waals surface area contributed by atoms with Crippen molar-refractivity contribution >= 4 is 22.9 Å². The highest BCUT2D eigenvalue weighted by molar-refractivity contribution is 5.81. The molecule has 2 aliphatic heterocycles. The van der Waals surface area contributed by atoms with Crippen molar-refractivity contribution in [1.82, 2.24) is 19.4 Å². The van der Waals surface area contributed by atoms with Gasteiger partial charge in [0.15, 0.2) is 0 Å². The van der Waals surface area contributed by atoms with Gasteiger partial charge in [-0.3, -0.25) is 4.79 Å². The van der Waals surface area contributed by atoms with Crippen molar-refractivity contribution in [2.45, 2.75) is 44.4 Å². The Morgan fingerprint density at radius 2 is 1.97 bits per heavy atom. The number of piperidine rings is 1. The van der Waals surface area contributed by atoms with Crippen LogP contribution in [0.2, 0.25) is 0 Å². The Balaban J connectivity index is 1.34. The number of rotatable bonds is 3. The minimum Gasteiger partial charge on any atom is -0.348 e. The first-order chi connectivity index (χ1) is 15.1. The summed E-state index contributed by atoms with van der Waals surface area (Å²) in [6.45, 7) is 2.27. The summed E-state index contributed by atoms with van der Waals surface area (Å²) in [6, 6.07) is 2.17. The number of aromatic nitrogens is 3. The van der Waals surface area contributed by atoms with Crippen LogP contribution in [0.5, 0.6) is 0 Å². The van der Waals surface area contributed by atoms with Crippen molar-refractivity contribution in [3.8, 4) is 6.07 Å². The predicted octanol–water partition coefficient (Wildman–Crippen LogP) is 3.65. The Morgan fingerprint density at radius 1 is 1.19 bits per heavy atom. The van der Waals surface area contributed by atoms with Crippen molar-refractivity contribution < 1.29 is 4.79 Å². The second-order valence-corrected chi connectivity index (χ2v) is 8.92. The van der Waals surface area contributed by atoms with Crippen LogP contribution in [-0.2, 0) is 11.8 Å². The fourth-order valence-electron chi connectivity index (χ4n) is 5.18. The number of aryl methyl sites for hydroxylation is 1. The summed E-state index contributed by atoms with van der Waals surface area (Å²) in [7, 11) is 2.04. The molecule has 7 heteroatoms. The van der Waals surface area contributed by atoms with Crippen molar-refractivity contribution in [3.05, 3.63) is 41.9 Å². The summed E-state index contributed by atoms with van der Waals surface area (Å²) < 4.78 is 2.10. The maximum Gasteiger partial charge on any atom is 0.230 e. The Bertz CT molecular complexity index is 1090. The molecule has 2 aromatic heterocycles. The minimum atomic E-state index is 0.262. The van der Waals surface area contributed by atoms with E-state index in [-0.39, 0.29) is 5.92 Å². The quantitative estimate of drug-likeness (QED) is 0.763. The molecule has 0 bridgehead atoms. The SMILES string of the molecule is Cn1cc(C2CCN(C(=O)C3CCCC3)CC2)c2nc(N3C=CC(C#N)=CC3)ncc21. The summed E-state index contributed by atoms with van der Waals surface area (Å²) in [5, 5.41) is 9.04. The monoisotopic (exact) mass is 416 g/mol. The van der Waals surface area contributed by atoms with Crippen LogP contribution in [-0.4, -0.2) is 45.0 Å². The number of nitrogens with zero attached hydrogens (tertiary/aromatic N) is 6. The van der Waals surface area contributed by atoms with Gasteiger partial charge in [-0.1, -0.05) is 12.8 Å². The lowest BCUT2D eigenvalue weighted by atomic mass is 9.90. The number of carbonyl (C=O) groups is 1. The summed E-state index contributed by atoms with van der Waals surface area (Å²) in [5.41, 5.74) is 3.94. The van der Waals surface area contributed by atoms with Crippen LogP contribution >= 0.6 is 0 Å². The topological polar surface area (TPSA) is 78.0 Å². The summed E-state index contributed by atoms with van der Waals surface area (Å²) >= 11 is 0. The third-order valence-corrected chi connectivity index (χ3v) is 7.02. The molecule has 5 rings (SSSR count). The molecule has 0 spiro atoms. The molecule has 0 unspecified atom stereocenters. The van der Waals surface area contributed by atoms with Gasteiger partial charge in [0.25, 0.3) is 0 Å². The van der Waals surface area contributed by atoms with Gasteiger partial charge in [0, 0.05) is 45.0 Å². The molecule has 7 nitrogen and oxygen atoms in total. The molecule has 0 atom stereocenters. The number of carbonyl (C=O) groups excluding carboxylic acids is 1. The van der Waals surface area contributed by atoms with E-state index in [1.54, 1.807) is 6.08 Å². The number of amides is 1. The summed E-state index contributed by atoms with van der Waals surface area (Å²) in [5.74, 6) is 1.69. The summed E-state index contributed by atoms with van der Waals surface area (Å²) in [6.07, 6.45) is 16.1. The van der Waals surface area contributed by atoms with Gasteiger partial charge in [0.1, 0.15) is 0 Å². The van der Waals surface area contributed by atoms with E-state index in [0.717, 1.165) is 49.8 Å². The van der Waals surface area contributed by atoms with E-state index in [0.29, 0.717) is 29.9 Å². The first-order valence-electron chi connectivity index (χ1n) is 11.3. The van der Waals surface area contributed by atoms with Gasteiger partial charge in [-0.2, -0.15) is 5.26 Å². The van der Waals surface area contributed by atoms with E-state index in [1.165, 1.54) is 18.4 Å². The van der Waals surface area contributed by atoms with Crippen LogP contribution in [0.1, 0.15) is 50.0 Å². The van der Waals surface area contributed by atoms with Crippen molar-refractivity contribution in [1.29, 1.82) is 5.26 Å². The second-order valence-electron chi connectivity index (χ2n) is 8.92. The zero-order valence-corrected chi connectivity index (χ0v) is 18.0.